The number of hydrogen-bond donors (Lipinski definition) is 0. The standard InChI is InChI=1S/C22H34O4/c1-20(2)25-13-22(4)17-7-6-15-10-14(12-19(23)24-5)11-16(15)21(17,3)9-8-18(22)26-20/h11,14-15,17-18H,6-10,12-13H2,1-5H3/t14-,15+,17-,18-,21-,22+/m1/s1. The molecule has 0 radical (unpaired) electrons. The van der Waals surface area contributed by atoms with E-state index >= 15 is 0 Å². The van der Waals surface area contributed by atoms with E-state index in [4.69, 9.17) is 14.2 Å². The van der Waals surface area contributed by atoms with Crippen LogP contribution in [-0.2, 0) is 19.0 Å². The summed E-state index contributed by atoms with van der Waals surface area (Å²) in [5.41, 5.74) is 1.91. The van der Waals surface area contributed by atoms with E-state index in [1.807, 2.05) is 13.8 Å². The van der Waals surface area contributed by atoms with Gasteiger partial charge < -0.3 is 14.2 Å². The van der Waals surface area contributed by atoms with Crippen LogP contribution in [0.3, 0.4) is 0 Å². The monoisotopic (exact) mass is 362 g/mol. The van der Waals surface area contributed by atoms with Crippen molar-refractivity contribution in [1.82, 2.24) is 0 Å². The maximum absolute atomic E-state index is 11.8. The van der Waals surface area contributed by atoms with Crippen LogP contribution >= 0.6 is 0 Å². The molecule has 6 atom stereocenters. The van der Waals surface area contributed by atoms with Crippen molar-refractivity contribution in [3.05, 3.63) is 11.6 Å². The summed E-state index contributed by atoms with van der Waals surface area (Å²) in [6.07, 6.45) is 9.12. The number of rotatable bonds is 2. The number of carbonyl (C=O) groups excluding carboxylic acids is 1. The Bertz CT molecular complexity index is 624. The predicted molar refractivity (Wildman–Crippen MR) is 99.4 cm³/mol. The zero-order valence-corrected chi connectivity index (χ0v) is 17.0. The third-order valence-electron chi connectivity index (χ3n) is 7.95. The van der Waals surface area contributed by atoms with E-state index < -0.39 is 5.79 Å². The molecule has 1 heterocycles. The summed E-state index contributed by atoms with van der Waals surface area (Å²) in [5.74, 6) is 1.03. The van der Waals surface area contributed by atoms with E-state index in [1.54, 1.807) is 5.57 Å². The van der Waals surface area contributed by atoms with Gasteiger partial charge in [0.05, 0.1) is 26.2 Å². The average molecular weight is 363 g/mol. The Morgan fingerprint density at radius 2 is 2.00 bits per heavy atom. The smallest absolute Gasteiger partial charge is 0.306 e. The molecule has 4 rings (SSSR count). The fourth-order valence-electron chi connectivity index (χ4n) is 6.66. The maximum atomic E-state index is 11.8. The van der Waals surface area contributed by atoms with Crippen LogP contribution in [0.15, 0.2) is 11.6 Å². The Morgan fingerprint density at radius 3 is 2.73 bits per heavy atom. The average Bonchev–Trinajstić information content (AvgIpc) is 2.99. The summed E-state index contributed by atoms with van der Waals surface area (Å²) >= 11 is 0. The van der Waals surface area contributed by atoms with E-state index in [2.05, 4.69) is 19.9 Å². The molecular weight excluding hydrogens is 328 g/mol. The summed E-state index contributed by atoms with van der Waals surface area (Å²) in [7, 11) is 1.49. The van der Waals surface area contributed by atoms with Crippen LogP contribution in [0.25, 0.3) is 0 Å². The van der Waals surface area contributed by atoms with Gasteiger partial charge in [-0.05, 0) is 69.1 Å². The second kappa shape index (κ2) is 6.07. The van der Waals surface area contributed by atoms with Gasteiger partial charge in [0.25, 0.3) is 0 Å². The zero-order valence-electron chi connectivity index (χ0n) is 17.0. The van der Waals surface area contributed by atoms with Crippen molar-refractivity contribution in [2.24, 2.45) is 28.6 Å². The molecule has 0 bridgehead atoms. The fourth-order valence-corrected chi connectivity index (χ4v) is 6.66. The number of esters is 1. The second-order valence-electron chi connectivity index (χ2n) is 9.98. The van der Waals surface area contributed by atoms with Gasteiger partial charge >= 0.3 is 5.97 Å². The Morgan fingerprint density at radius 1 is 1.23 bits per heavy atom. The van der Waals surface area contributed by atoms with Crippen molar-refractivity contribution in [3.8, 4) is 0 Å². The molecule has 0 amide bonds. The minimum Gasteiger partial charge on any atom is -0.469 e. The predicted octanol–water partition coefficient (Wildman–Crippen LogP) is 4.48. The van der Waals surface area contributed by atoms with Crippen molar-refractivity contribution in [2.75, 3.05) is 13.7 Å². The summed E-state index contributed by atoms with van der Waals surface area (Å²) in [6, 6.07) is 0. The normalized spacial score (nSPS) is 46.6. The molecule has 0 unspecified atom stereocenters. The molecule has 0 aromatic carbocycles. The highest BCUT2D eigenvalue weighted by Gasteiger charge is 2.61. The lowest BCUT2D eigenvalue weighted by Gasteiger charge is -2.62. The number of fused-ring (bicyclic) bond motifs is 5. The van der Waals surface area contributed by atoms with Gasteiger partial charge in [0.2, 0.25) is 0 Å². The zero-order chi connectivity index (χ0) is 18.7. The molecule has 4 aliphatic rings. The highest BCUT2D eigenvalue weighted by molar-refractivity contribution is 5.70. The third-order valence-corrected chi connectivity index (χ3v) is 7.95. The van der Waals surface area contributed by atoms with Crippen LogP contribution in [0.1, 0.15) is 66.2 Å². The van der Waals surface area contributed by atoms with E-state index in [0.29, 0.717) is 24.2 Å². The summed E-state index contributed by atoms with van der Waals surface area (Å²) in [5, 5.41) is 0. The summed E-state index contributed by atoms with van der Waals surface area (Å²) in [6.45, 7) is 9.71. The Labute approximate surface area is 157 Å². The highest BCUT2D eigenvalue weighted by Crippen LogP contribution is 2.65. The van der Waals surface area contributed by atoms with Crippen molar-refractivity contribution in [2.45, 2.75) is 78.1 Å². The SMILES string of the molecule is COC(=O)C[C@H]1C=C2[C@@H](CC[C@H]3[C@]4(C)COC(C)(C)O[C@@H]4CC[C@]23C)C1. The molecule has 0 aromatic heterocycles. The molecule has 0 N–H and O–H groups in total. The Balaban J connectivity index is 1.61. The van der Waals surface area contributed by atoms with Crippen molar-refractivity contribution < 1.29 is 19.0 Å². The van der Waals surface area contributed by atoms with Crippen molar-refractivity contribution in [3.63, 3.8) is 0 Å². The lowest BCUT2D eigenvalue weighted by molar-refractivity contribution is -0.340. The molecule has 146 valence electrons. The number of methoxy groups -OCH3 is 1. The van der Waals surface area contributed by atoms with E-state index in [1.165, 1.54) is 26.4 Å². The van der Waals surface area contributed by atoms with Crippen LogP contribution < -0.4 is 0 Å². The first kappa shape index (κ1) is 18.5. The first-order valence-electron chi connectivity index (χ1n) is 10.3. The second-order valence-corrected chi connectivity index (χ2v) is 9.98. The van der Waals surface area contributed by atoms with Gasteiger partial charge in [-0.2, -0.15) is 0 Å². The minimum atomic E-state index is -0.465. The van der Waals surface area contributed by atoms with Crippen molar-refractivity contribution >= 4 is 5.97 Å². The number of ether oxygens (including phenoxy) is 3. The number of carbonyl (C=O) groups is 1. The molecular formula is C22H34O4. The molecule has 1 aliphatic heterocycles. The molecule has 3 aliphatic carbocycles. The largest absolute Gasteiger partial charge is 0.469 e. The fraction of sp³-hybridized carbons (Fsp3) is 0.864. The van der Waals surface area contributed by atoms with Gasteiger partial charge in [0.15, 0.2) is 5.79 Å². The van der Waals surface area contributed by atoms with Crippen LogP contribution in [-0.4, -0.2) is 31.6 Å². The first-order valence-corrected chi connectivity index (χ1v) is 10.3. The summed E-state index contributed by atoms with van der Waals surface area (Å²) in [4.78, 5) is 11.8. The van der Waals surface area contributed by atoms with Crippen LogP contribution in [0.5, 0.6) is 0 Å². The first-order chi connectivity index (χ1) is 12.2. The lowest BCUT2D eigenvalue weighted by Crippen LogP contribution is -2.62. The van der Waals surface area contributed by atoms with Crippen LogP contribution in [0.4, 0.5) is 0 Å². The van der Waals surface area contributed by atoms with Crippen molar-refractivity contribution in [1.29, 1.82) is 0 Å². The maximum Gasteiger partial charge on any atom is 0.306 e. The molecule has 26 heavy (non-hydrogen) atoms. The molecule has 0 aromatic rings. The van der Waals surface area contributed by atoms with E-state index in [9.17, 15) is 4.79 Å². The summed E-state index contributed by atoms with van der Waals surface area (Å²) < 4.78 is 17.4. The van der Waals surface area contributed by atoms with E-state index in [-0.39, 0.29) is 22.9 Å². The third kappa shape index (κ3) is 2.75. The lowest BCUT2D eigenvalue weighted by atomic mass is 9.47. The van der Waals surface area contributed by atoms with Gasteiger partial charge in [-0.15, -0.1) is 0 Å². The highest BCUT2D eigenvalue weighted by atomic mass is 16.7. The Hall–Kier alpha value is -0.870. The van der Waals surface area contributed by atoms with E-state index in [0.717, 1.165) is 19.4 Å². The van der Waals surface area contributed by atoms with Gasteiger partial charge in [0.1, 0.15) is 0 Å². The molecule has 0 spiro atoms. The number of hydrogen-bond acceptors (Lipinski definition) is 4. The van der Waals surface area contributed by atoms with Gasteiger partial charge in [-0.25, -0.2) is 0 Å². The molecule has 4 heteroatoms. The van der Waals surface area contributed by atoms with Gasteiger partial charge in [0, 0.05) is 5.41 Å². The quantitative estimate of drug-likeness (QED) is 0.537. The molecule has 1 saturated heterocycles. The minimum absolute atomic E-state index is 0.0781. The molecule has 3 fully saturated rings. The van der Waals surface area contributed by atoms with Crippen LogP contribution in [0, 0.1) is 28.6 Å². The molecule has 2 saturated carbocycles. The topological polar surface area (TPSA) is 44.8 Å². The Kier molecular flexibility index (Phi) is 4.31. The van der Waals surface area contributed by atoms with Gasteiger partial charge in [-0.3, -0.25) is 4.79 Å². The van der Waals surface area contributed by atoms with Crippen LogP contribution in [0.2, 0.25) is 0 Å². The van der Waals surface area contributed by atoms with Gasteiger partial charge in [-0.1, -0.05) is 25.5 Å². The molecule has 4 nitrogen and oxygen atoms in total. The number of allylic oxidation sites excluding steroid dienone is 2.